The molecule has 2 saturated heterocycles. The van der Waals surface area contributed by atoms with E-state index < -0.39 is 5.97 Å². The molecule has 6 heteroatoms. The summed E-state index contributed by atoms with van der Waals surface area (Å²) in [5.74, 6) is 0.611. The normalized spacial score (nSPS) is 19.7. The van der Waals surface area contributed by atoms with Crippen LogP contribution in [0.3, 0.4) is 0 Å². The van der Waals surface area contributed by atoms with Gasteiger partial charge in [-0.05, 0) is 75.7 Å². The Morgan fingerprint density at radius 3 is 1.93 bits per heavy atom. The molecule has 5 aromatic carbocycles. The van der Waals surface area contributed by atoms with Gasteiger partial charge in [-0.2, -0.15) is 0 Å². The van der Waals surface area contributed by atoms with Crippen molar-refractivity contribution in [2.45, 2.75) is 57.7 Å². The second-order valence-corrected chi connectivity index (χ2v) is 10.7. The lowest BCUT2D eigenvalue weighted by atomic mass is 9.92. The predicted molar refractivity (Wildman–Crippen MR) is 154 cm³/mol. The van der Waals surface area contributed by atoms with E-state index in [4.69, 9.17) is 23.7 Å². The van der Waals surface area contributed by atoms with Crippen LogP contribution in [0.15, 0.2) is 72.8 Å². The maximum absolute atomic E-state index is 13.4. The van der Waals surface area contributed by atoms with Crippen LogP contribution in [0.2, 0.25) is 0 Å². The first-order chi connectivity index (χ1) is 19.7. The fourth-order valence-electron chi connectivity index (χ4n) is 5.89. The lowest BCUT2D eigenvalue weighted by Gasteiger charge is -2.25. The largest absolute Gasteiger partial charge is 0.465 e. The van der Waals surface area contributed by atoms with E-state index in [0.717, 1.165) is 49.5 Å². The quantitative estimate of drug-likeness (QED) is 0.157. The highest BCUT2D eigenvalue weighted by Crippen LogP contribution is 2.36. The molecule has 2 aliphatic heterocycles. The van der Waals surface area contributed by atoms with Crippen molar-refractivity contribution in [1.29, 1.82) is 0 Å². The summed E-state index contributed by atoms with van der Waals surface area (Å²) >= 11 is 0. The van der Waals surface area contributed by atoms with Crippen molar-refractivity contribution in [2.24, 2.45) is 0 Å². The Hall–Kier alpha value is -3.87. The van der Waals surface area contributed by atoms with E-state index in [2.05, 4.69) is 48.5 Å². The van der Waals surface area contributed by atoms with Crippen molar-refractivity contribution in [3.8, 4) is 11.5 Å². The van der Waals surface area contributed by atoms with Gasteiger partial charge in [0.2, 0.25) is 0 Å². The minimum absolute atomic E-state index is 0.158. The molecule has 7 rings (SSSR count). The van der Waals surface area contributed by atoms with Crippen LogP contribution in [-0.2, 0) is 20.8 Å². The van der Waals surface area contributed by atoms with Crippen LogP contribution in [0.4, 0.5) is 0 Å². The van der Waals surface area contributed by atoms with Gasteiger partial charge in [0.25, 0.3) is 0 Å². The summed E-state index contributed by atoms with van der Waals surface area (Å²) in [6.45, 7) is 1.50. The Kier molecular flexibility index (Phi) is 6.88. The number of carbonyl (C=O) groups excluding carboxylic acids is 1. The minimum atomic E-state index is -0.435. The predicted octanol–water partition coefficient (Wildman–Crippen LogP) is 7.75. The van der Waals surface area contributed by atoms with Gasteiger partial charge in [0.1, 0.15) is 18.1 Å². The number of hydrogen-bond acceptors (Lipinski definition) is 6. The molecule has 6 nitrogen and oxygen atoms in total. The van der Waals surface area contributed by atoms with Gasteiger partial charge in [-0.15, -0.1) is 0 Å². The molecule has 0 N–H and O–H groups in total. The van der Waals surface area contributed by atoms with Crippen molar-refractivity contribution >= 4 is 38.3 Å². The fraction of sp³-hybridized carbons (Fsp3) is 0.324. The number of ether oxygens (including phenoxy) is 5. The van der Waals surface area contributed by atoms with Gasteiger partial charge in [0.15, 0.2) is 12.6 Å². The molecule has 0 saturated carbocycles. The van der Waals surface area contributed by atoms with Gasteiger partial charge < -0.3 is 23.7 Å². The van der Waals surface area contributed by atoms with Gasteiger partial charge in [-0.25, -0.2) is 4.79 Å². The molecule has 0 spiro atoms. The molecule has 2 heterocycles. The molecule has 204 valence electrons. The third-order valence-electron chi connectivity index (χ3n) is 7.90. The summed E-state index contributed by atoms with van der Waals surface area (Å²) in [7, 11) is 0. The Labute approximate surface area is 233 Å². The minimum Gasteiger partial charge on any atom is -0.465 e. The summed E-state index contributed by atoms with van der Waals surface area (Å²) in [6.07, 6.45) is 5.10. The molecule has 2 fully saturated rings. The van der Waals surface area contributed by atoms with E-state index in [1.165, 1.54) is 26.9 Å². The van der Waals surface area contributed by atoms with Crippen molar-refractivity contribution in [3.63, 3.8) is 0 Å². The summed E-state index contributed by atoms with van der Waals surface area (Å²) in [6, 6.07) is 24.3. The highest BCUT2D eigenvalue weighted by atomic mass is 16.7. The van der Waals surface area contributed by atoms with Crippen LogP contribution in [0, 0.1) is 0 Å². The summed E-state index contributed by atoms with van der Waals surface area (Å²) in [5.41, 5.74) is 1.34. The average Bonchev–Trinajstić information content (AvgIpc) is 3.00. The van der Waals surface area contributed by atoms with E-state index in [9.17, 15) is 4.79 Å². The highest BCUT2D eigenvalue weighted by Gasteiger charge is 2.21. The van der Waals surface area contributed by atoms with Gasteiger partial charge in [-0.3, -0.25) is 0 Å². The molecule has 0 aromatic heterocycles. The Morgan fingerprint density at radius 1 is 0.700 bits per heavy atom. The third-order valence-corrected chi connectivity index (χ3v) is 7.90. The number of esters is 1. The van der Waals surface area contributed by atoms with E-state index in [1.807, 2.05) is 6.07 Å². The van der Waals surface area contributed by atoms with Crippen LogP contribution in [0.5, 0.6) is 11.5 Å². The number of rotatable bonds is 7. The van der Waals surface area contributed by atoms with Crippen molar-refractivity contribution in [1.82, 2.24) is 0 Å². The van der Waals surface area contributed by atoms with Crippen molar-refractivity contribution < 1.29 is 28.5 Å². The number of carbonyl (C=O) groups is 1. The molecular formula is C34H32O6. The second-order valence-electron chi connectivity index (χ2n) is 10.7. The fourth-order valence-corrected chi connectivity index (χ4v) is 5.89. The highest BCUT2D eigenvalue weighted by molar-refractivity contribution is 6.23. The smallest absolute Gasteiger partial charge is 0.338 e. The van der Waals surface area contributed by atoms with Crippen LogP contribution >= 0.6 is 0 Å². The zero-order chi connectivity index (χ0) is 26.9. The molecule has 5 aromatic rings. The number of hydrogen-bond donors (Lipinski definition) is 0. The summed E-state index contributed by atoms with van der Waals surface area (Å²) < 4.78 is 29.6. The molecule has 0 aliphatic carbocycles. The molecular weight excluding hydrogens is 504 g/mol. The Balaban J connectivity index is 1.15. The Bertz CT molecular complexity index is 1590. The molecule has 0 amide bonds. The van der Waals surface area contributed by atoms with Gasteiger partial charge in [0.05, 0.1) is 18.8 Å². The van der Waals surface area contributed by atoms with E-state index >= 15 is 0 Å². The third kappa shape index (κ3) is 5.05. The van der Waals surface area contributed by atoms with Gasteiger partial charge >= 0.3 is 5.97 Å². The van der Waals surface area contributed by atoms with Crippen LogP contribution in [-0.4, -0.2) is 31.8 Å². The Morgan fingerprint density at radius 2 is 1.30 bits per heavy atom. The van der Waals surface area contributed by atoms with Crippen LogP contribution < -0.4 is 9.47 Å². The van der Waals surface area contributed by atoms with E-state index in [-0.39, 0.29) is 19.2 Å². The van der Waals surface area contributed by atoms with Crippen LogP contribution in [0.25, 0.3) is 32.3 Å². The standard InChI is InChI=1S/C34H32O6/c35-34(38-21-25-13-12-24-11-10-22-6-5-7-23-14-15-29(25)33(24)32(22)23)26-18-27(39-30-8-1-3-16-36-30)20-28(19-26)40-31-9-2-4-17-37-31/h5-7,10-15,18-20,30-31H,1-4,8-9,16-17,21H2. The molecule has 0 bridgehead atoms. The van der Waals surface area contributed by atoms with Gasteiger partial charge in [-0.1, -0.05) is 54.6 Å². The molecule has 0 radical (unpaired) electrons. The zero-order valence-corrected chi connectivity index (χ0v) is 22.4. The van der Waals surface area contributed by atoms with Crippen molar-refractivity contribution in [3.05, 3.63) is 83.9 Å². The van der Waals surface area contributed by atoms with E-state index in [1.54, 1.807) is 18.2 Å². The SMILES string of the molecule is O=C(OCc1ccc2ccc3cccc4ccc1c2c34)c1cc(OC2CCCCO2)cc(OC2CCCCO2)c1. The molecule has 2 aliphatic rings. The molecule has 2 atom stereocenters. The van der Waals surface area contributed by atoms with Gasteiger partial charge in [0, 0.05) is 18.9 Å². The first kappa shape index (κ1) is 25.1. The second kappa shape index (κ2) is 11.0. The van der Waals surface area contributed by atoms with Crippen LogP contribution in [0.1, 0.15) is 54.4 Å². The first-order valence-electron chi connectivity index (χ1n) is 14.3. The number of benzene rings is 5. The lowest BCUT2D eigenvalue weighted by molar-refractivity contribution is -0.109. The van der Waals surface area contributed by atoms with Crippen molar-refractivity contribution in [2.75, 3.05) is 13.2 Å². The maximum atomic E-state index is 13.4. The maximum Gasteiger partial charge on any atom is 0.338 e. The topological polar surface area (TPSA) is 63.2 Å². The zero-order valence-electron chi connectivity index (χ0n) is 22.4. The summed E-state index contributed by atoms with van der Waals surface area (Å²) in [4.78, 5) is 13.4. The molecule has 40 heavy (non-hydrogen) atoms. The lowest BCUT2D eigenvalue weighted by Crippen LogP contribution is -2.26. The average molecular weight is 537 g/mol. The monoisotopic (exact) mass is 536 g/mol. The van der Waals surface area contributed by atoms with E-state index in [0.29, 0.717) is 30.3 Å². The summed E-state index contributed by atoms with van der Waals surface area (Å²) in [5, 5.41) is 7.13. The first-order valence-corrected chi connectivity index (χ1v) is 14.3. The molecule has 2 unspecified atom stereocenters.